The summed E-state index contributed by atoms with van der Waals surface area (Å²) in [6.07, 6.45) is 7.09. The maximum atomic E-state index is 13.2. The zero-order valence-electron chi connectivity index (χ0n) is 22.9. The number of amides is 2. The molecule has 1 fully saturated rings. The Balaban J connectivity index is 1.15. The van der Waals surface area contributed by atoms with Crippen LogP contribution in [0.25, 0.3) is 11.1 Å². The molecule has 3 N–H and O–H groups in total. The smallest absolute Gasteiger partial charge is 0.251 e. The topological polar surface area (TPSA) is 83.1 Å². The fourth-order valence-electron chi connectivity index (χ4n) is 5.07. The number of nitrogens with one attached hydrogen (secondary N) is 3. The van der Waals surface area contributed by atoms with E-state index in [0.717, 1.165) is 42.5 Å². The summed E-state index contributed by atoms with van der Waals surface area (Å²) in [4.78, 5) is 30.5. The Bertz CT molecular complexity index is 1430. The van der Waals surface area contributed by atoms with Gasteiger partial charge >= 0.3 is 0 Å². The van der Waals surface area contributed by atoms with Crippen LogP contribution in [0.4, 0.5) is 0 Å². The van der Waals surface area contributed by atoms with Crippen LogP contribution in [0.5, 0.6) is 0 Å². The van der Waals surface area contributed by atoms with E-state index < -0.39 is 6.04 Å². The van der Waals surface area contributed by atoms with Crippen LogP contribution < -0.4 is 16.0 Å². The zero-order chi connectivity index (χ0) is 28.4. The van der Waals surface area contributed by atoms with E-state index in [4.69, 9.17) is 11.6 Å². The third-order valence-corrected chi connectivity index (χ3v) is 7.72. The Morgan fingerprint density at radius 3 is 2.39 bits per heavy atom. The number of halogens is 1. The van der Waals surface area contributed by atoms with Gasteiger partial charge in [0.15, 0.2) is 0 Å². The summed E-state index contributed by atoms with van der Waals surface area (Å²) in [7, 11) is 0. The number of unbranched alkanes of at least 4 members (excludes halogenated alkanes) is 1. The minimum atomic E-state index is -0.638. The zero-order valence-corrected chi connectivity index (χ0v) is 23.7. The summed E-state index contributed by atoms with van der Waals surface area (Å²) < 4.78 is 0. The van der Waals surface area contributed by atoms with Gasteiger partial charge in [0.2, 0.25) is 5.91 Å². The Hall–Kier alpha value is -4.00. The Morgan fingerprint density at radius 1 is 0.878 bits per heavy atom. The predicted molar refractivity (Wildman–Crippen MR) is 164 cm³/mol. The van der Waals surface area contributed by atoms with Crippen LogP contribution in [-0.2, 0) is 11.3 Å². The lowest BCUT2D eigenvalue weighted by molar-refractivity contribution is -0.123. The van der Waals surface area contributed by atoms with Gasteiger partial charge in [-0.25, -0.2) is 0 Å². The quantitative estimate of drug-likeness (QED) is 0.170. The molecular weight excluding hydrogens is 532 g/mol. The summed E-state index contributed by atoms with van der Waals surface area (Å²) in [6.45, 7) is 1.22. The highest BCUT2D eigenvalue weighted by atomic mass is 35.5. The van der Waals surface area contributed by atoms with E-state index in [1.165, 1.54) is 5.56 Å². The van der Waals surface area contributed by atoms with Gasteiger partial charge < -0.3 is 16.0 Å². The average molecular weight is 567 g/mol. The van der Waals surface area contributed by atoms with Crippen molar-refractivity contribution in [3.8, 4) is 11.1 Å². The molecule has 1 heterocycles. The van der Waals surface area contributed by atoms with Crippen LogP contribution in [0, 0.1) is 0 Å². The molecule has 1 aliphatic rings. The number of rotatable bonds is 13. The van der Waals surface area contributed by atoms with E-state index in [9.17, 15) is 9.59 Å². The highest BCUT2D eigenvalue weighted by Gasteiger charge is 2.37. The van der Waals surface area contributed by atoms with Gasteiger partial charge in [0.1, 0.15) is 6.04 Å². The number of benzene rings is 3. The lowest BCUT2D eigenvalue weighted by Crippen LogP contribution is -2.46. The Morgan fingerprint density at radius 2 is 1.63 bits per heavy atom. The Labute approximate surface area is 246 Å². The van der Waals surface area contributed by atoms with Crippen molar-refractivity contribution in [3.05, 3.63) is 125 Å². The van der Waals surface area contributed by atoms with Crippen molar-refractivity contribution >= 4 is 23.4 Å². The molecule has 4 aromatic rings. The number of carbonyl (C=O) groups is 2. The number of hydrogen-bond donors (Lipinski definition) is 3. The van der Waals surface area contributed by atoms with Crippen LogP contribution in [0.1, 0.15) is 53.1 Å². The second kappa shape index (κ2) is 14.1. The summed E-state index contributed by atoms with van der Waals surface area (Å²) >= 11 is 6.10. The van der Waals surface area contributed by atoms with Crippen LogP contribution >= 0.6 is 11.6 Å². The molecule has 0 bridgehead atoms. The number of nitrogens with zero attached hydrogens (tertiary/aromatic N) is 1. The lowest BCUT2D eigenvalue weighted by Gasteiger charge is -2.19. The first kappa shape index (κ1) is 28.5. The van der Waals surface area contributed by atoms with Gasteiger partial charge in [0, 0.05) is 41.5 Å². The molecule has 5 rings (SSSR count). The first-order valence-corrected chi connectivity index (χ1v) is 14.6. The fourth-order valence-corrected chi connectivity index (χ4v) is 5.29. The van der Waals surface area contributed by atoms with Crippen molar-refractivity contribution < 1.29 is 9.59 Å². The van der Waals surface area contributed by atoms with Crippen molar-refractivity contribution in [2.45, 2.75) is 50.2 Å². The normalized spacial score (nSPS) is 16.5. The van der Waals surface area contributed by atoms with E-state index in [1.807, 2.05) is 73.1 Å². The molecule has 0 spiro atoms. The second-order valence-corrected chi connectivity index (χ2v) is 10.9. The van der Waals surface area contributed by atoms with Crippen molar-refractivity contribution in [1.29, 1.82) is 0 Å². The monoisotopic (exact) mass is 566 g/mol. The third kappa shape index (κ3) is 8.26. The summed E-state index contributed by atoms with van der Waals surface area (Å²) in [5.41, 5.74) is 4.88. The molecule has 2 amide bonds. The lowest BCUT2D eigenvalue weighted by atomic mass is 10.0. The number of hydrogen-bond acceptors (Lipinski definition) is 4. The van der Waals surface area contributed by atoms with Gasteiger partial charge in [-0.1, -0.05) is 66.2 Å². The van der Waals surface area contributed by atoms with E-state index in [1.54, 1.807) is 18.2 Å². The SMILES string of the molecule is O=C(NC(CCCCN[C@@H]1C[C@H]1c1ccncc1)C(=O)NCc1cccc(Cl)c1)c1ccc(-c2ccccc2)cc1. The average Bonchev–Trinajstić information content (AvgIpc) is 3.80. The molecule has 6 nitrogen and oxygen atoms in total. The highest BCUT2D eigenvalue weighted by molar-refractivity contribution is 6.30. The Kier molecular flexibility index (Phi) is 9.78. The van der Waals surface area contributed by atoms with Crippen LogP contribution in [0.2, 0.25) is 5.02 Å². The first-order valence-electron chi connectivity index (χ1n) is 14.2. The minimum Gasteiger partial charge on any atom is -0.350 e. The molecule has 210 valence electrons. The molecule has 3 aromatic carbocycles. The van der Waals surface area contributed by atoms with Crippen LogP contribution in [0.15, 0.2) is 103 Å². The first-order chi connectivity index (χ1) is 20.1. The maximum absolute atomic E-state index is 13.2. The maximum Gasteiger partial charge on any atom is 0.251 e. The molecule has 1 aliphatic carbocycles. The van der Waals surface area contributed by atoms with E-state index in [-0.39, 0.29) is 11.8 Å². The standard InChI is InChI=1S/C34H35ClN4O2/c35-29-10-6-7-24(21-29)23-38-34(41)31(11-4-5-18-37-32-22-30(32)27-16-19-36-20-17-27)39-33(40)28-14-12-26(13-15-28)25-8-2-1-3-9-25/h1-3,6-10,12-17,19-21,30-32,37H,4-5,11,18,22-23H2,(H,38,41)(H,39,40)/t30-,31?,32+/m0/s1. The van der Waals surface area contributed by atoms with E-state index >= 15 is 0 Å². The van der Waals surface area contributed by atoms with Gasteiger partial charge in [-0.05, 0) is 90.9 Å². The van der Waals surface area contributed by atoms with Crippen molar-refractivity contribution in [2.75, 3.05) is 6.54 Å². The largest absolute Gasteiger partial charge is 0.350 e. The van der Waals surface area contributed by atoms with Crippen LogP contribution in [-0.4, -0.2) is 35.4 Å². The number of pyridine rings is 1. The summed E-state index contributed by atoms with van der Waals surface area (Å²) in [5.74, 6) is 0.0894. The molecule has 0 aliphatic heterocycles. The fraction of sp³-hybridized carbons (Fsp3) is 0.265. The van der Waals surface area contributed by atoms with E-state index in [2.05, 4.69) is 33.1 Å². The molecule has 1 unspecified atom stereocenters. The molecule has 0 radical (unpaired) electrons. The molecule has 0 saturated heterocycles. The molecule has 3 atom stereocenters. The predicted octanol–water partition coefficient (Wildman–Crippen LogP) is 6.13. The van der Waals surface area contributed by atoms with Gasteiger partial charge in [-0.2, -0.15) is 0 Å². The molecule has 1 aromatic heterocycles. The van der Waals surface area contributed by atoms with Gasteiger partial charge in [0.05, 0.1) is 0 Å². The van der Waals surface area contributed by atoms with E-state index in [0.29, 0.717) is 35.5 Å². The van der Waals surface area contributed by atoms with Crippen molar-refractivity contribution in [3.63, 3.8) is 0 Å². The molecule has 1 saturated carbocycles. The number of carbonyl (C=O) groups excluding carboxylic acids is 2. The highest BCUT2D eigenvalue weighted by Crippen LogP contribution is 2.40. The third-order valence-electron chi connectivity index (χ3n) is 7.48. The molecule has 41 heavy (non-hydrogen) atoms. The van der Waals surface area contributed by atoms with Gasteiger partial charge in [0.25, 0.3) is 5.91 Å². The molecular formula is C34H35ClN4O2. The minimum absolute atomic E-state index is 0.202. The molecule has 7 heteroatoms. The van der Waals surface area contributed by atoms with Gasteiger partial charge in [-0.15, -0.1) is 0 Å². The second-order valence-electron chi connectivity index (χ2n) is 10.5. The van der Waals surface area contributed by atoms with Gasteiger partial charge in [-0.3, -0.25) is 14.6 Å². The van der Waals surface area contributed by atoms with Crippen molar-refractivity contribution in [1.82, 2.24) is 20.9 Å². The summed E-state index contributed by atoms with van der Waals surface area (Å²) in [6, 6.07) is 28.9. The van der Waals surface area contributed by atoms with Crippen LogP contribution in [0.3, 0.4) is 0 Å². The number of aromatic nitrogens is 1. The summed E-state index contributed by atoms with van der Waals surface area (Å²) in [5, 5.41) is 10.2. The van der Waals surface area contributed by atoms with Crippen molar-refractivity contribution in [2.24, 2.45) is 0 Å².